The molecule has 2 aliphatic heterocycles. The van der Waals surface area contributed by atoms with Gasteiger partial charge in [-0.2, -0.15) is 5.10 Å². The predicted octanol–water partition coefficient (Wildman–Crippen LogP) is 4.87. The number of piperidine rings is 1. The molecule has 2 aromatic heterocycles. The summed E-state index contributed by atoms with van der Waals surface area (Å²) in [5, 5.41) is 4.74. The Bertz CT molecular complexity index is 1230. The maximum Gasteiger partial charge on any atom is 0.162 e. The number of fused-ring (bicyclic) bond motifs is 1. The molecule has 0 aliphatic carbocycles. The highest BCUT2D eigenvalue weighted by Crippen LogP contribution is 2.37. The minimum atomic E-state index is 0.279. The molecule has 3 aromatic rings. The zero-order valence-electron chi connectivity index (χ0n) is 22.8. The molecule has 0 radical (unpaired) electrons. The molecule has 0 saturated carbocycles. The van der Waals surface area contributed by atoms with Crippen molar-refractivity contribution in [3.05, 3.63) is 52.3 Å². The highest BCUT2D eigenvalue weighted by Gasteiger charge is 2.32. The Labute approximate surface area is 215 Å². The topological polar surface area (TPSA) is 59.3 Å². The Morgan fingerprint density at radius 1 is 1.06 bits per heavy atom. The molecule has 0 amide bonds. The monoisotopic (exact) mass is 488 g/mol. The number of rotatable bonds is 6. The minimum absolute atomic E-state index is 0.279. The minimum Gasteiger partial charge on any atom is -0.384 e. The molecule has 1 saturated heterocycles. The summed E-state index contributed by atoms with van der Waals surface area (Å²) in [6.45, 7) is 13.6. The second kappa shape index (κ2) is 9.85. The number of aryl methyl sites for hydroxylation is 3. The predicted molar refractivity (Wildman–Crippen MR) is 146 cm³/mol. The van der Waals surface area contributed by atoms with Gasteiger partial charge in [0.05, 0.1) is 18.0 Å². The van der Waals surface area contributed by atoms with Crippen molar-refractivity contribution in [1.29, 1.82) is 0 Å². The molecule has 0 spiro atoms. The van der Waals surface area contributed by atoms with Crippen LogP contribution in [0.3, 0.4) is 0 Å². The molecule has 1 aromatic carbocycles. The van der Waals surface area contributed by atoms with Crippen LogP contribution >= 0.6 is 0 Å². The highest BCUT2D eigenvalue weighted by atomic mass is 16.5. The molecule has 2 aliphatic rings. The fourth-order valence-corrected chi connectivity index (χ4v) is 5.88. The lowest BCUT2D eigenvalue weighted by molar-refractivity contribution is 0.201. The van der Waals surface area contributed by atoms with Crippen LogP contribution in [0.4, 0.5) is 11.6 Å². The van der Waals surface area contributed by atoms with Crippen molar-refractivity contribution >= 4 is 11.6 Å². The van der Waals surface area contributed by atoms with Gasteiger partial charge in [-0.25, -0.2) is 9.97 Å². The van der Waals surface area contributed by atoms with Gasteiger partial charge in [-0.05, 0) is 43.2 Å². The largest absolute Gasteiger partial charge is 0.384 e. The van der Waals surface area contributed by atoms with E-state index in [4.69, 9.17) is 19.8 Å². The van der Waals surface area contributed by atoms with Crippen molar-refractivity contribution in [2.24, 2.45) is 12.5 Å². The SMILES string of the molecule is COCCc1cc(N2CCc3nc(-c4c(C)cccc4C)nc(N4CCCC(C)(C)C4)c3C2)n(C)n1. The Morgan fingerprint density at radius 2 is 1.83 bits per heavy atom. The first kappa shape index (κ1) is 24.8. The zero-order chi connectivity index (χ0) is 25.4. The average molecular weight is 489 g/mol. The van der Waals surface area contributed by atoms with E-state index in [1.807, 2.05) is 11.7 Å². The molecule has 0 N–H and O–H groups in total. The summed E-state index contributed by atoms with van der Waals surface area (Å²) in [5.74, 6) is 3.14. The molecule has 7 nitrogen and oxygen atoms in total. The zero-order valence-corrected chi connectivity index (χ0v) is 22.8. The van der Waals surface area contributed by atoms with Crippen LogP contribution in [0.15, 0.2) is 24.3 Å². The van der Waals surface area contributed by atoms with Gasteiger partial charge in [0.2, 0.25) is 0 Å². The van der Waals surface area contributed by atoms with E-state index in [-0.39, 0.29) is 5.41 Å². The number of hydrogen-bond donors (Lipinski definition) is 0. The molecule has 1 fully saturated rings. The third-order valence-electron chi connectivity index (χ3n) is 7.74. The summed E-state index contributed by atoms with van der Waals surface area (Å²) < 4.78 is 7.27. The van der Waals surface area contributed by atoms with Gasteiger partial charge in [-0.3, -0.25) is 4.68 Å². The van der Waals surface area contributed by atoms with E-state index < -0.39 is 0 Å². The third-order valence-corrected chi connectivity index (χ3v) is 7.74. The number of ether oxygens (including phenoxy) is 1. The molecule has 5 rings (SSSR count). The summed E-state index contributed by atoms with van der Waals surface area (Å²) in [5.41, 5.74) is 7.45. The van der Waals surface area contributed by atoms with E-state index in [2.05, 4.69) is 61.8 Å². The van der Waals surface area contributed by atoms with Gasteiger partial charge in [-0.15, -0.1) is 0 Å². The first-order chi connectivity index (χ1) is 17.3. The van der Waals surface area contributed by atoms with Crippen molar-refractivity contribution < 1.29 is 4.74 Å². The van der Waals surface area contributed by atoms with Gasteiger partial charge in [0.25, 0.3) is 0 Å². The maximum absolute atomic E-state index is 5.31. The van der Waals surface area contributed by atoms with Crippen LogP contribution in [0.1, 0.15) is 54.8 Å². The van der Waals surface area contributed by atoms with E-state index in [9.17, 15) is 0 Å². The molecule has 7 heteroatoms. The summed E-state index contributed by atoms with van der Waals surface area (Å²) >= 11 is 0. The van der Waals surface area contributed by atoms with E-state index in [0.717, 1.165) is 62.2 Å². The molecular formula is C29H40N6O. The molecular weight excluding hydrogens is 448 g/mol. The molecule has 0 unspecified atom stereocenters. The average Bonchev–Trinajstić information content (AvgIpc) is 3.21. The molecule has 4 heterocycles. The van der Waals surface area contributed by atoms with E-state index in [0.29, 0.717) is 6.61 Å². The van der Waals surface area contributed by atoms with Crippen molar-refractivity contribution in [2.45, 2.75) is 59.9 Å². The highest BCUT2D eigenvalue weighted by molar-refractivity contribution is 5.68. The lowest BCUT2D eigenvalue weighted by Crippen LogP contribution is -2.42. The number of nitrogens with zero attached hydrogens (tertiary/aromatic N) is 6. The Balaban J connectivity index is 1.56. The second-order valence-corrected chi connectivity index (χ2v) is 11.3. The van der Waals surface area contributed by atoms with E-state index in [1.54, 1.807) is 7.11 Å². The van der Waals surface area contributed by atoms with Crippen molar-refractivity contribution in [3.63, 3.8) is 0 Å². The van der Waals surface area contributed by atoms with Crippen LogP contribution in [0, 0.1) is 19.3 Å². The van der Waals surface area contributed by atoms with Crippen molar-refractivity contribution in [1.82, 2.24) is 19.7 Å². The molecule has 0 bridgehead atoms. The number of methoxy groups -OCH3 is 1. The fraction of sp³-hybridized carbons (Fsp3) is 0.552. The fourth-order valence-electron chi connectivity index (χ4n) is 5.88. The number of anilines is 2. The first-order valence-corrected chi connectivity index (χ1v) is 13.2. The van der Waals surface area contributed by atoms with Gasteiger partial charge >= 0.3 is 0 Å². The molecule has 36 heavy (non-hydrogen) atoms. The van der Waals surface area contributed by atoms with Gasteiger partial charge in [-0.1, -0.05) is 32.0 Å². The maximum atomic E-state index is 5.31. The smallest absolute Gasteiger partial charge is 0.162 e. The first-order valence-electron chi connectivity index (χ1n) is 13.2. The van der Waals surface area contributed by atoms with Crippen molar-refractivity contribution in [3.8, 4) is 11.4 Å². The van der Waals surface area contributed by atoms with Crippen LogP contribution in [0.2, 0.25) is 0 Å². The Hall–Kier alpha value is -2.93. The summed E-state index contributed by atoms with van der Waals surface area (Å²) in [6.07, 6.45) is 4.18. The molecule has 192 valence electrons. The lowest BCUT2D eigenvalue weighted by Gasteiger charge is -2.41. The van der Waals surface area contributed by atoms with Gasteiger partial charge < -0.3 is 14.5 Å². The third kappa shape index (κ3) is 4.85. The van der Waals surface area contributed by atoms with Crippen LogP contribution in [0.25, 0.3) is 11.4 Å². The van der Waals surface area contributed by atoms with Gasteiger partial charge in [0, 0.05) is 70.4 Å². The lowest BCUT2D eigenvalue weighted by atomic mass is 9.84. The van der Waals surface area contributed by atoms with Crippen LogP contribution < -0.4 is 9.80 Å². The van der Waals surface area contributed by atoms with Crippen LogP contribution in [-0.2, 0) is 31.2 Å². The summed E-state index contributed by atoms with van der Waals surface area (Å²) in [6, 6.07) is 8.66. The van der Waals surface area contributed by atoms with Gasteiger partial charge in [0.15, 0.2) is 5.82 Å². The van der Waals surface area contributed by atoms with Crippen molar-refractivity contribution in [2.75, 3.05) is 43.2 Å². The quantitative estimate of drug-likeness (QED) is 0.493. The Morgan fingerprint density at radius 3 is 2.56 bits per heavy atom. The van der Waals surface area contributed by atoms with Gasteiger partial charge in [0.1, 0.15) is 11.6 Å². The van der Waals surface area contributed by atoms with Crippen LogP contribution in [0.5, 0.6) is 0 Å². The second-order valence-electron chi connectivity index (χ2n) is 11.3. The number of hydrogen-bond acceptors (Lipinski definition) is 6. The number of benzene rings is 1. The van der Waals surface area contributed by atoms with E-state index >= 15 is 0 Å². The molecule has 0 atom stereocenters. The summed E-state index contributed by atoms with van der Waals surface area (Å²) in [7, 11) is 3.78. The standard InChI is InChI=1S/C29H40N6O/c1-20-9-7-10-21(2)26(20)27-30-24-11-15-34(25-17-22(12-16-36-6)32-33(25)5)18-23(24)28(31-27)35-14-8-13-29(3,4)19-35/h7,9-10,17H,8,11-16,18-19H2,1-6H3. The van der Waals surface area contributed by atoms with E-state index in [1.165, 1.54) is 40.8 Å². The van der Waals surface area contributed by atoms with Crippen LogP contribution in [-0.4, -0.2) is 53.1 Å². The Kier molecular flexibility index (Phi) is 6.77. The summed E-state index contributed by atoms with van der Waals surface area (Å²) in [4.78, 5) is 15.5. The number of aromatic nitrogens is 4. The normalized spacial score (nSPS) is 17.4.